The number of hydrogen-bond acceptors (Lipinski definition) is 7. The van der Waals surface area contributed by atoms with Gasteiger partial charge in [0.2, 0.25) is 12.5 Å². The number of aromatic nitrogens is 2. The smallest absolute Gasteiger partial charge is 0.319 e. The number of likely N-dealkylation sites (tertiary alicyclic amines) is 1. The highest BCUT2D eigenvalue weighted by Crippen LogP contribution is 2.37. The van der Waals surface area contributed by atoms with Gasteiger partial charge in [0, 0.05) is 35.8 Å². The molecule has 0 spiro atoms. The Kier molecular flexibility index (Phi) is 7.56. The van der Waals surface area contributed by atoms with Gasteiger partial charge in [0.25, 0.3) is 0 Å². The van der Waals surface area contributed by atoms with E-state index in [0.29, 0.717) is 38.3 Å². The molecule has 2 aromatic heterocycles. The molecule has 0 bridgehead atoms. The van der Waals surface area contributed by atoms with Gasteiger partial charge in [-0.3, -0.25) is 4.79 Å². The Morgan fingerprint density at radius 3 is 2.88 bits per heavy atom. The summed E-state index contributed by atoms with van der Waals surface area (Å²) in [5.41, 5.74) is 2.60. The van der Waals surface area contributed by atoms with Crippen LogP contribution in [0.3, 0.4) is 0 Å². The van der Waals surface area contributed by atoms with E-state index in [1.165, 1.54) is 6.08 Å². The van der Waals surface area contributed by atoms with Crippen molar-refractivity contribution in [3.63, 3.8) is 0 Å². The number of hydrogen-bond donors (Lipinski definition) is 0. The van der Waals surface area contributed by atoms with Crippen LogP contribution in [0.1, 0.15) is 12.8 Å². The van der Waals surface area contributed by atoms with Gasteiger partial charge in [0.05, 0.1) is 5.52 Å². The standard InChI is InChI=1S/C31H31FN6O2S/c1-4-28(39)38-14-13-37(18-23(38)17-33-2)30-25-11-10-20(24-9-5-7-21-16-27(32)41-29(21)24)15-26(25)34-31(35-30)40-19-22-8-6-12-36(22)3/h4-5,7,9-11,15-16,22-23H,1,6,8,12-14,17-19H2,3H3/t22-,23-/m0/s1. The number of likely N-dealkylation sites (N-methyl/N-ethyl adjacent to an activating group) is 1. The number of halogens is 1. The third-order valence-corrected chi connectivity index (χ3v) is 9.07. The minimum atomic E-state index is -0.279. The summed E-state index contributed by atoms with van der Waals surface area (Å²) >= 11 is 1.14. The maximum Gasteiger partial charge on any atom is 0.319 e. The lowest BCUT2D eigenvalue weighted by atomic mass is 10.0. The zero-order chi connectivity index (χ0) is 28.5. The molecule has 0 N–H and O–H groups in total. The van der Waals surface area contributed by atoms with E-state index in [2.05, 4.69) is 28.3 Å². The molecule has 2 fully saturated rings. The van der Waals surface area contributed by atoms with Crippen LogP contribution in [0.4, 0.5) is 10.2 Å². The maximum absolute atomic E-state index is 14.1. The third kappa shape index (κ3) is 5.35. The van der Waals surface area contributed by atoms with Gasteiger partial charge in [-0.15, -0.1) is 11.3 Å². The second-order valence-corrected chi connectivity index (χ2v) is 11.6. The summed E-state index contributed by atoms with van der Waals surface area (Å²) in [7, 11) is 2.11. The Labute approximate surface area is 242 Å². The Morgan fingerprint density at radius 2 is 2.10 bits per heavy atom. The van der Waals surface area contributed by atoms with Gasteiger partial charge < -0.3 is 24.3 Å². The molecule has 6 rings (SSSR count). The molecule has 41 heavy (non-hydrogen) atoms. The molecule has 0 radical (unpaired) electrons. The van der Waals surface area contributed by atoms with Gasteiger partial charge in [-0.25, -0.2) is 6.57 Å². The first-order valence-electron chi connectivity index (χ1n) is 13.8. The van der Waals surface area contributed by atoms with Crippen LogP contribution in [0, 0.1) is 11.7 Å². The number of amides is 1. The predicted molar refractivity (Wildman–Crippen MR) is 161 cm³/mol. The number of carbonyl (C=O) groups is 1. The number of nitrogens with zero attached hydrogens (tertiary/aromatic N) is 6. The van der Waals surface area contributed by atoms with Gasteiger partial charge in [-0.05, 0) is 67.2 Å². The summed E-state index contributed by atoms with van der Waals surface area (Å²) in [4.78, 5) is 31.9. The van der Waals surface area contributed by atoms with Crippen LogP contribution in [0.15, 0.2) is 55.1 Å². The first-order chi connectivity index (χ1) is 19.9. The van der Waals surface area contributed by atoms with E-state index < -0.39 is 0 Å². The Morgan fingerprint density at radius 1 is 1.22 bits per heavy atom. The van der Waals surface area contributed by atoms with Crippen LogP contribution in [0.25, 0.3) is 37.0 Å². The fraction of sp³-hybridized carbons (Fsp3) is 0.355. The molecule has 0 saturated carbocycles. The highest BCUT2D eigenvalue weighted by Gasteiger charge is 2.33. The van der Waals surface area contributed by atoms with Gasteiger partial charge >= 0.3 is 6.01 Å². The fourth-order valence-corrected chi connectivity index (χ4v) is 6.82. The molecule has 2 aliphatic heterocycles. The number of carbonyl (C=O) groups excluding carboxylic acids is 1. The summed E-state index contributed by atoms with van der Waals surface area (Å²) in [6.07, 6.45) is 3.52. The normalized spacial score (nSPS) is 19.5. The predicted octanol–water partition coefficient (Wildman–Crippen LogP) is 5.25. The Bertz CT molecular complexity index is 1670. The molecule has 2 aromatic carbocycles. The molecule has 1 amide bonds. The van der Waals surface area contributed by atoms with E-state index in [-0.39, 0.29) is 23.6 Å². The molecule has 0 aliphatic carbocycles. The highest BCUT2D eigenvalue weighted by atomic mass is 32.1. The van der Waals surface area contributed by atoms with Crippen molar-refractivity contribution in [1.29, 1.82) is 0 Å². The number of benzene rings is 2. The molecule has 210 valence electrons. The molecule has 4 heterocycles. The largest absolute Gasteiger partial charge is 0.462 e. The van der Waals surface area contributed by atoms with Gasteiger partial charge in [0.1, 0.15) is 18.5 Å². The molecule has 10 heteroatoms. The Hall–Kier alpha value is -4.07. The average Bonchev–Trinajstić information content (AvgIpc) is 3.58. The van der Waals surface area contributed by atoms with E-state index >= 15 is 0 Å². The Balaban J connectivity index is 1.40. The van der Waals surface area contributed by atoms with Crippen molar-refractivity contribution in [3.05, 3.63) is 71.7 Å². The van der Waals surface area contributed by atoms with Crippen molar-refractivity contribution >= 4 is 44.1 Å². The lowest BCUT2D eigenvalue weighted by Gasteiger charge is -2.39. The maximum atomic E-state index is 14.1. The fourth-order valence-electron chi connectivity index (χ4n) is 5.90. The minimum absolute atomic E-state index is 0.167. The molecule has 2 saturated heterocycles. The number of rotatable bonds is 7. The topological polar surface area (TPSA) is 66.2 Å². The number of fused-ring (bicyclic) bond motifs is 2. The van der Waals surface area contributed by atoms with Crippen molar-refractivity contribution in [1.82, 2.24) is 19.8 Å². The van der Waals surface area contributed by atoms with Crippen LogP contribution >= 0.6 is 11.3 Å². The van der Waals surface area contributed by atoms with E-state index in [4.69, 9.17) is 21.3 Å². The van der Waals surface area contributed by atoms with Crippen molar-refractivity contribution in [2.45, 2.75) is 24.9 Å². The van der Waals surface area contributed by atoms with Crippen molar-refractivity contribution in [3.8, 4) is 17.1 Å². The lowest BCUT2D eigenvalue weighted by Crippen LogP contribution is -2.56. The molecule has 2 atom stereocenters. The van der Waals surface area contributed by atoms with E-state index in [0.717, 1.165) is 68.7 Å². The second-order valence-electron chi connectivity index (χ2n) is 10.6. The third-order valence-electron chi connectivity index (χ3n) is 8.10. The van der Waals surface area contributed by atoms with E-state index in [1.54, 1.807) is 11.0 Å². The lowest BCUT2D eigenvalue weighted by molar-refractivity contribution is -0.128. The molecule has 2 aliphatic rings. The summed E-state index contributed by atoms with van der Waals surface area (Å²) in [6, 6.07) is 13.8. The van der Waals surface area contributed by atoms with Crippen LogP contribution in [0.5, 0.6) is 6.01 Å². The van der Waals surface area contributed by atoms with Gasteiger partial charge in [-0.1, -0.05) is 30.8 Å². The number of thiophene rings is 1. The second kappa shape index (κ2) is 11.4. The van der Waals surface area contributed by atoms with Crippen LogP contribution < -0.4 is 9.64 Å². The summed E-state index contributed by atoms with van der Waals surface area (Å²) < 4.78 is 21.2. The van der Waals surface area contributed by atoms with Crippen LogP contribution in [-0.2, 0) is 4.79 Å². The number of ether oxygens (including phenoxy) is 1. The van der Waals surface area contributed by atoms with Crippen LogP contribution in [0.2, 0.25) is 0 Å². The van der Waals surface area contributed by atoms with Gasteiger partial charge in [0.15, 0.2) is 5.13 Å². The first-order valence-corrected chi connectivity index (χ1v) is 14.6. The molecular weight excluding hydrogens is 539 g/mol. The summed E-state index contributed by atoms with van der Waals surface area (Å²) in [5.74, 6) is 0.553. The molecule has 0 unspecified atom stereocenters. The quantitative estimate of drug-likeness (QED) is 0.224. The first kappa shape index (κ1) is 27.1. The van der Waals surface area contributed by atoms with E-state index in [1.807, 2.05) is 36.4 Å². The molecular formula is C31H31FN6O2S. The van der Waals surface area contributed by atoms with Crippen molar-refractivity contribution in [2.24, 2.45) is 0 Å². The summed E-state index contributed by atoms with van der Waals surface area (Å²) in [5, 5.41) is 1.51. The zero-order valence-electron chi connectivity index (χ0n) is 22.9. The van der Waals surface area contributed by atoms with Crippen LogP contribution in [-0.4, -0.2) is 84.1 Å². The monoisotopic (exact) mass is 570 g/mol. The minimum Gasteiger partial charge on any atom is -0.462 e. The highest BCUT2D eigenvalue weighted by molar-refractivity contribution is 7.18. The van der Waals surface area contributed by atoms with E-state index in [9.17, 15) is 9.18 Å². The van der Waals surface area contributed by atoms with Crippen molar-refractivity contribution < 1.29 is 13.9 Å². The molecule has 8 nitrogen and oxygen atoms in total. The van der Waals surface area contributed by atoms with Crippen molar-refractivity contribution in [2.75, 3.05) is 51.3 Å². The number of anilines is 1. The average molecular weight is 571 g/mol. The summed E-state index contributed by atoms with van der Waals surface area (Å²) in [6.45, 7) is 14.3. The zero-order valence-corrected chi connectivity index (χ0v) is 23.7. The van der Waals surface area contributed by atoms with Gasteiger partial charge in [-0.2, -0.15) is 14.4 Å². The molecule has 4 aromatic rings. The number of piperazine rings is 1. The SMILES string of the molecule is [C-]#[N+]C[C@H]1CN(c2nc(OC[C@@H]3CCCN3C)nc3cc(-c4cccc5cc(F)sc45)ccc23)CCN1C(=O)C=C.